The molecule has 6 nitrogen and oxygen atoms in total. The summed E-state index contributed by atoms with van der Waals surface area (Å²) in [7, 11) is 0. The van der Waals surface area contributed by atoms with Gasteiger partial charge in [-0.15, -0.1) is 0 Å². The predicted octanol–water partition coefficient (Wildman–Crippen LogP) is 4.53. The van der Waals surface area contributed by atoms with E-state index in [-0.39, 0.29) is 5.69 Å². The van der Waals surface area contributed by atoms with Crippen molar-refractivity contribution in [3.63, 3.8) is 0 Å². The number of nitro groups is 1. The summed E-state index contributed by atoms with van der Waals surface area (Å²) in [5.74, 6) is 0. The summed E-state index contributed by atoms with van der Waals surface area (Å²) in [4.78, 5) is 24.4. The highest BCUT2D eigenvalue weighted by Crippen LogP contribution is 2.18. The third-order valence-corrected chi connectivity index (χ3v) is 3.39. The van der Waals surface area contributed by atoms with Crippen molar-refractivity contribution in [2.24, 2.45) is 0 Å². The van der Waals surface area contributed by atoms with Crippen LogP contribution < -0.4 is 0 Å². The third kappa shape index (κ3) is 5.91. The molecule has 0 spiro atoms. The molecule has 25 heavy (non-hydrogen) atoms. The van der Waals surface area contributed by atoms with Crippen LogP contribution in [0.15, 0.2) is 54.6 Å². The first kappa shape index (κ1) is 18.4. The first-order chi connectivity index (χ1) is 11.7. The second-order valence-corrected chi connectivity index (χ2v) is 6.75. The van der Waals surface area contributed by atoms with Crippen molar-refractivity contribution in [1.29, 1.82) is 0 Å². The molecule has 0 N–H and O–H groups in total. The summed E-state index contributed by atoms with van der Waals surface area (Å²) in [6.07, 6.45) is -0.422. The Hall–Kier alpha value is -2.89. The van der Waals surface area contributed by atoms with Gasteiger partial charge in [0.15, 0.2) is 0 Å². The maximum Gasteiger partial charge on any atom is 0.410 e. The van der Waals surface area contributed by atoms with Crippen LogP contribution in [-0.2, 0) is 17.8 Å². The van der Waals surface area contributed by atoms with Gasteiger partial charge in [-0.3, -0.25) is 15.0 Å². The Labute approximate surface area is 147 Å². The molecular weight excluding hydrogens is 320 g/mol. The smallest absolute Gasteiger partial charge is 0.410 e. The van der Waals surface area contributed by atoms with Gasteiger partial charge >= 0.3 is 6.09 Å². The lowest BCUT2D eigenvalue weighted by Crippen LogP contribution is -2.36. The van der Waals surface area contributed by atoms with Crippen molar-refractivity contribution in [3.05, 3.63) is 75.8 Å². The molecule has 0 aliphatic rings. The zero-order chi connectivity index (χ0) is 18.4. The Morgan fingerprint density at radius 2 is 1.52 bits per heavy atom. The zero-order valence-corrected chi connectivity index (χ0v) is 14.6. The van der Waals surface area contributed by atoms with Crippen LogP contribution in [0, 0.1) is 10.1 Å². The van der Waals surface area contributed by atoms with E-state index in [0.717, 1.165) is 11.1 Å². The average molecular weight is 342 g/mol. The average Bonchev–Trinajstić information content (AvgIpc) is 2.54. The summed E-state index contributed by atoms with van der Waals surface area (Å²) in [6, 6.07) is 15.8. The van der Waals surface area contributed by atoms with Gasteiger partial charge in [-0.2, -0.15) is 0 Å². The monoisotopic (exact) mass is 342 g/mol. The fourth-order valence-electron chi connectivity index (χ4n) is 2.26. The van der Waals surface area contributed by atoms with E-state index >= 15 is 0 Å². The molecule has 6 heteroatoms. The second kappa shape index (κ2) is 7.79. The van der Waals surface area contributed by atoms with Crippen molar-refractivity contribution in [1.82, 2.24) is 4.90 Å². The number of nitro benzene ring substituents is 1. The maximum absolute atomic E-state index is 12.5. The third-order valence-electron chi connectivity index (χ3n) is 3.39. The molecule has 0 saturated carbocycles. The SMILES string of the molecule is CC(C)(C)OC(=O)N(Cc1ccccc1)Cc1ccc([N+](=O)[O-])cc1. The molecule has 0 aliphatic heterocycles. The van der Waals surface area contributed by atoms with Gasteiger partial charge < -0.3 is 4.74 Å². The van der Waals surface area contributed by atoms with E-state index < -0.39 is 16.6 Å². The number of benzene rings is 2. The van der Waals surface area contributed by atoms with E-state index in [1.807, 2.05) is 51.1 Å². The molecule has 2 aromatic carbocycles. The summed E-state index contributed by atoms with van der Waals surface area (Å²) in [5.41, 5.74) is 1.21. The Morgan fingerprint density at radius 1 is 1.00 bits per heavy atom. The van der Waals surface area contributed by atoms with Gasteiger partial charge in [0.1, 0.15) is 5.60 Å². The number of hydrogen-bond donors (Lipinski definition) is 0. The van der Waals surface area contributed by atoms with Crippen molar-refractivity contribution in [2.45, 2.75) is 39.5 Å². The molecule has 0 bridgehead atoms. The molecular formula is C19H22N2O4. The Kier molecular flexibility index (Phi) is 5.75. The molecule has 1 amide bonds. The molecule has 0 atom stereocenters. The van der Waals surface area contributed by atoms with Crippen molar-refractivity contribution in [3.8, 4) is 0 Å². The molecule has 0 aliphatic carbocycles. The number of amides is 1. The number of hydrogen-bond acceptors (Lipinski definition) is 4. The van der Waals surface area contributed by atoms with E-state index in [1.165, 1.54) is 12.1 Å². The van der Waals surface area contributed by atoms with Gasteiger partial charge in [0.05, 0.1) is 4.92 Å². The molecule has 0 aromatic heterocycles. The number of carbonyl (C=O) groups is 1. The summed E-state index contributed by atoms with van der Waals surface area (Å²) < 4.78 is 5.48. The highest BCUT2D eigenvalue weighted by atomic mass is 16.6. The van der Waals surface area contributed by atoms with Crippen LogP contribution >= 0.6 is 0 Å². The largest absolute Gasteiger partial charge is 0.444 e. The van der Waals surface area contributed by atoms with E-state index in [1.54, 1.807) is 17.0 Å². The van der Waals surface area contributed by atoms with Crippen molar-refractivity contribution < 1.29 is 14.5 Å². The summed E-state index contributed by atoms with van der Waals surface area (Å²) in [6.45, 7) is 6.15. The number of ether oxygens (including phenoxy) is 1. The van der Waals surface area contributed by atoms with E-state index in [0.29, 0.717) is 13.1 Å². The Balaban J connectivity index is 2.18. The van der Waals surface area contributed by atoms with Crippen molar-refractivity contribution >= 4 is 11.8 Å². The Morgan fingerprint density at radius 3 is 2.00 bits per heavy atom. The predicted molar refractivity (Wildman–Crippen MR) is 95.0 cm³/mol. The molecule has 0 unspecified atom stereocenters. The van der Waals surface area contributed by atoms with Crippen LogP contribution in [-0.4, -0.2) is 21.5 Å². The van der Waals surface area contributed by atoms with Crippen LogP contribution in [0.1, 0.15) is 31.9 Å². The molecule has 132 valence electrons. The highest BCUT2D eigenvalue weighted by Gasteiger charge is 2.22. The lowest BCUT2D eigenvalue weighted by Gasteiger charge is -2.27. The standard InChI is InChI=1S/C19H22N2O4/c1-19(2,3)25-18(22)20(13-15-7-5-4-6-8-15)14-16-9-11-17(12-10-16)21(23)24/h4-12H,13-14H2,1-3H3. The van der Waals surface area contributed by atoms with Gasteiger partial charge in [-0.1, -0.05) is 42.5 Å². The van der Waals surface area contributed by atoms with Gasteiger partial charge in [-0.25, -0.2) is 4.79 Å². The number of rotatable bonds is 5. The number of nitrogens with zero attached hydrogens (tertiary/aromatic N) is 2. The van der Waals surface area contributed by atoms with Crippen LogP contribution in [0.2, 0.25) is 0 Å². The van der Waals surface area contributed by atoms with Gasteiger partial charge in [0, 0.05) is 25.2 Å². The van der Waals surface area contributed by atoms with Gasteiger partial charge in [0.2, 0.25) is 0 Å². The quantitative estimate of drug-likeness (QED) is 0.591. The van der Waals surface area contributed by atoms with Gasteiger partial charge in [-0.05, 0) is 31.9 Å². The second-order valence-electron chi connectivity index (χ2n) is 6.75. The van der Waals surface area contributed by atoms with E-state index in [4.69, 9.17) is 4.74 Å². The number of carbonyl (C=O) groups excluding carboxylic acids is 1. The lowest BCUT2D eigenvalue weighted by atomic mass is 10.1. The van der Waals surface area contributed by atoms with Crippen LogP contribution in [0.4, 0.5) is 10.5 Å². The van der Waals surface area contributed by atoms with Gasteiger partial charge in [0.25, 0.3) is 5.69 Å². The Bertz CT molecular complexity index is 721. The fourth-order valence-corrected chi connectivity index (χ4v) is 2.26. The topological polar surface area (TPSA) is 72.7 Å². The molecule has 2 aromatic rings. The summed E-state index contributed by atoms with van der Waals surface area (Å²) >= 11 is 0. The minimum Gasteiger partial charge on any atom is -0.444 e. The number of non-ortho nitro benzene ring substituents is 1. The van der Waals surface area contributed by atoms with E-state index in [9.17, 15) is 14.9 Å². The molecule has 0 radical (unpaired) electrons. The highest BCUT2D eigenvalue weighted by molar-refractivity contribution is 5.68. The normalized spacial score (nSPS) is 11.0. The molecule has 0 fully saturated rings. The van der Waals surface area contributed by atoms with Crippen molar-refractivity contribution in [2.75, 3.05) is 0 Å². The maximum atomic E-state index is 12.5. The first-order valence-corrected chi connectivity index (χ1v) is 8.00. The molecule has 0 saturated heterocycles. The zero-order valence-electron chi connectivity index (χ0n) is 14.6. The minimum absolute atomic E-state index is 0.0237. The van der Waals surface area contributed by atoms with Crippen LogP contribution in [0.5, 0.6) is 0 Å². The summed E-state index contributed by atoms with van der Waals surface area (Å²) in [5, 5.41) is 10.8. The molecule has 2 rings (SSSR count). The van der Waals surface area contributed by atoms with Crippen LogP contribution in [0.25, 0.3) is 0 Å². The lowest BCUT2D eigenvalue weighted by molar-refractivity contribution is -0.384. The first-order valence-electron chi connectivity index (χ1n) is 8.00. The van der Waals surface area contributed by atoms with E-state index in [2.05, 4.69) is 0 Å². The van der Waals surface area contributed by atoms with Crippen LogP contribution in [0.3, 0.4) is 0 Å². The fraction of sp³-hybridized carbons (Fsp3) is 0.316. The minimum atomic E-state index is -0.596. The molecule has 0 heterocycles.